The van der Waals surface area contributed by atoms with Gasteiger partial charge >= 0.3 is 0 Å². The summed E-state index contributed by atoms with van der Waals surface area (Å²) in [5.74, 6) is 1.36. The van der Waals surface area contributed by atoms with Gasteiger partial charge in [0.15, 0.2) is 0 Å². The topological polar surface area (TPSA) is 16.1 Å². The van der Waals surface area contributed by atoms with Crippen LogP contribution in [0.5, 0.6) is 0 Å². The summed E-state index contributed by atoms with van der Waals surface area (Å²) < 4.78 is 0. The van der Waals surface area contributed by atoms with Gasteiger partial charge in [-0.3, -0.25) is 4.98 Å². The molecular formula is C12H17ClN2. The van der Waals surface area contributed by atoms with Crippen LogP contribution >= 0.6 is 11.6 Å². The van der Waals surface area contributed by atoms with Gasteiger partial charge in [-0.1, -0.05) is 13.3 Å². The Bertz CT molecular complexity index is 327. The fraction of sp³-hybridized carbons (Fsp3) is 0.583. The monoisotopic (exact) mass is 224 g/mol. The van der Waals surface area contributed by atoms with E-state index in [0.717, 1.165) is 11.6 Å². The lowest BCUT2D eigenvalue weighted by molar-refractivity contribution is 0.569. The van der Waals surface area contributed by atoms with Crippen molar-refractivity contribution >= 4 is 17.3 Å². The summed E-state index contributed by atoms with van der Waals surface area (Å²) in [4.78, 5) is 6.65. The summed E-state index contributed by atoms with van der Waals surface area (Å²) in [7, 11) is 0. The third kappa shape index (κ3) is 2.43. The molecule has 1 saturated heterocycles. The first-order chi connectivity index (χ1) is 7.33. The highest BCUT2D eigenvalue weighted by molar-refractivity contribution is 6.16. The summed E-state index contributed by atoms with van der Waals surface area (Å²) in [6.07, 6.45) is 4.45. The Kier molecular flexibility index (Phi) is 3.47. The van der Waals surface area contributed by atoms with Gasteiger partial charge in [0.1, 0.15) is 0 Å². The number of nitrogens with zero attached hydrogens (tertiary/aromatic N) is 2. The van der Waals surface area contributed by atoms with Gasteiger partial charge in [0, 0.05) is 25.0 Å². The minimum atomic E-state index is 0.499. The molecule has 0 bridgehead atoms. The molecule has 1 aromatic heterocycles. The third-order valence-corrected chi connectivity index (χ3v) is 3.44. The predicted octanol–water partition coefficient (Wildman–Crippen LogP) is 3.06. The SMILES string of the molecule is CCC1CCN(c2ccnc(CCl)c2)C1. The number of alkyl halides is 1. The third-order valence-electron chi connectivity index (χ3n) is 3.17. The van der Waals surface area contributed by atoms with E-state index in [1.165, 1.54) is 31.6 Å². The number of anilines is 1. The van der Waals surface area contributed by atoms with Crippen LogP contribution < -0.4 is 4.90 Å². The average molecular weight is 225 g/mol. The first-order valence-electron chi connectivity index (χ1n) is 5.59. The normalized spacial score (nSPS) is 20.9. The fourth-order valence-electron chi connectivity index (χ4n) is 2.14. The highest BCUT2D eigenvalue weighted by Crippen LogP contribution is 2.25. The number of hydrogen-bond donors (Lipinski definition) is 0. The number of aromatic nitrogens is 1. The standard InChI is InChI=1S/C12H17ClN2/c1-2-10-4-6-15(9-10)12-3-5-14-11(7-12)8-13/h3,5,7,10H,2,4,6,8-9H2,1H3. The summed E-state index contributed by atoms with van der Waals surface area (Å²) in [6, 6.07) is 4.18. The molecule has 15 heavy (non-hydrogen) atoms. The zero-order chi connectivity index (χ0) is 10.7. The van der Waals surface area contributed by atoms with E-state index in [1.54, 1.807) is 0 Å². The van der Waals surface area contributed by atoms with Crippen LogP contribution in [0.4, 0.5) is 5.69 Å². The Balaban J connectivity index is 2.09. The Morgan fingerprint density at radius 3 is 3.13 bits per heavy atom. The van der Waals surface area contributed by atoms with Crippen molar-refractivity contribution < 1.29 is 0 Å². The molecule has 0 saturated carbocycles. The maximum absolute atomic E-state index is 5.78. The average Bonchev–Trinajstić information content (AvgIpc) is 2.78. The molecule has 1 fully saturated rings. The lowest BCUT2D eigenvalue weighted by Gasteiger charge is -2.18. The molecule has 1 aromatic rings. The Morgan fingerprint density at radius 2 is 2.47 bits per heavy atom. The van der Waals surface area contributed by atoms with Crippen LogP contribution in [0.2, 0.25) is 0 Å². The summed E-state index contributed by atoms with van der Waals surface area (Å²) in [5, 5.41) is 0. The molecule has 82 valence electrons. The molecule has 0 spiro atoms. The zero-order valence-electron chi connectivity index (χ0n) is 9.12. The highest BCUT2D eigenvalue weighted by atomic mass is 35.5. The zero-order valence-corrected chi connectivity index (χ0v) is 9.87. The molecule has 3 heteroatoms. The molecule has 2 rings (SSSR count). The van der Waals surface area contributed by atoms with Crippen molar-refractivity contribution in [3.8, 4) is 0 Å². The maximum Gasteiger partial charge on any atom is 0.0648 e. The number of rotatable bonds is 3. The first kappa shape index (κ1) is 10.7. The second kappa shape index (κ2) is 4.84. The largest absolute Gasteiger partial charge is 0.371 e. The van der Waals surface area contributed by atoms with E-state index in [4.69, 9.17) is 11.6 Å². The van der Waals surface area contributed by atoms with Crippen LogP contribution in [0, 0.1) is 5.92 Å². The van der Waals surface area contributed by atoms with Crippen molar-refractivity contribution in [3.05, 3.63) is 24.0 Å². The summed E-state index contributed by atoms with van der Waals surface area (Å²) in [5.41, 5.74) is 2.24. The van der Waals surface area contributed by atoms with E-state index >= 15 is 0 Å². The van der Waals surface area contributed by atoms with Gasteiger partial charge < -0.3 is 4.90 Å². The molecule has 1 atom stereocenters. The van der Waals surface area contributed by atoms with E-state index in [0.29, 0.717) is 5.88 Å². The van der Waals surface area contributed by atoms with Gasteiger partial charge in [-0.15, -0.1) is 11.6 Å². The molecule has 0 amide bonds. The number of halogens is 1. The molecule has 1 aliphatic rings. The minimum Gasteiger partial charge on any atom is -0.371 e. The van der Waals surface area contributed by atoms with Crippen molar-refractivity contribution in [1.29, 1.82) is 0 Å². The lowest BCUT2D eigenvalue weighted by Crippen LogP contribution is -2.19. The molecule has 0 aliphatic carbocycles. The van der Waals surface area contributed by atoms with Crippen molar-refractivity contribution in [3.63, 3.8) is 0 Å². The van der Waals surface area contributed by atoms with Crippen LogP contribution in [0.3, 0.4) is 0 Å². The van der Waals surface area contributed by atoms with E-state index in [1.807, 2.05) is 6.20 Å². The van der Waals surface area contributed by atoms with Crippen molar-refractivity contribution in [2.45, 2.75) is 25.6 Å². The molecule has 0 radical (unpaired) electrons. The molecule has 0 N–H and O–H groups in total. The van der Waals surface area contributed by atoms with Crippen LogP contribution in [0.1, 0.15) is 25.5 Å². The van der Waals surface area contributed by atoms with E-state index in [9.17, 15) is 0 Å². The van der Waals surface area contributed by atoms with E-state index in [-0.39, 0.29) is 0 Å². The second-order valence-electron chi connectivity index (χ2n) is 4.15. The van der Waals surface area contributed by atoms with Gasteiger partial charge in [0.05, 0.1) is 11.6 Å². The molecule has 1 unspecified atom stereocenters. The Morgan fingerprint density at radius 1 is 1.60 bits per heavy atom. The van der Waals surface area contributed by atoms with Crippen LogP contribution in [0.15, 0.2) is 18.3 Å². The molecule has 2 nitrogen and oxygen atoms in total. The van der Waals surface area contributed by atoms with E-state index < -0.39 is 0 Å². The number of hydrogen-bond acceptors (Lipinski definition) is 2. The van der Waals surface area contributed by atoms with Gasteiger partial charge in [0.2, 0.25) is 0 Å². The maximum atomic E-state index is 5.78. The second-order valence-corrected chi connectivity index (χ2v) is 4.42. The Labute approximate surface area is 96.3 Å². The molecule has 1 aliphatic heterocycles. The van der Waals surface area contributed by atoms with Crippen LogP contribution in [-0.4, -0.2) is 18.1 Å². The van der Waals surface area contributed by atoms with E-state index in [2.05, 4.69) is 28.9 Å². The summed E-state index contributed by atoms with van der Waals surface area (Å²) in [6.45, 7) is 4.62. The minimum absolute atomic E-state index is 0.499. The van der Waals surface area contributed by atoms with Crippen molar-refractivity contribution in [2.24, 2.45) is 5.92 Å². The quantitative estimate of drug-likeness (QED) is 0.734. The molecule has 0 aromatic carbocycles. The van der Waals surface area contributed by atoms with Crippen LogP contribution in [0.25, 0.3) is 0 Å². The van der Waals surface area contributed by atoms with Crippen LogP contribution in [-0.2, 0) is 5.88 Å². The number of pyridine rings is 1. The van der Waals surface area contributed by atoms with Gasteiger partial charge in [-0.25, -0.2) is 0 Å². The lowest BCUT2D eigenvalue weighted by atomic mass is 10.1. The summed E-state index contributed by atoms with van der Waals surface area (Å²) >= 11 is 5.78. The fourth-order valence-corrected chi connectivity index (χ4v) is 2.28. The molecule has 2 heterocycles. The van der Waals surface area contributed by atoms with Crippen molar-refractivity contribution in [1.82, 2.24) is 4.98 Å². The van der Waals surface area contributed by atoms with Gasteiger partial charge in [-0.2, -0.15) is 0 Å². The van der Waals surface area contributed by atoms with Gasteiger partial charge in [0.25, 0.3) is 0 Å². The van der Waals surface area contributed by atoms with Crippen molar-refractivity contribution in [2.75, 3.05) is 18.0 Å². The first-order valence-corrected chi connectivity index (χ1v) is 6.12. The molecular weight excluding hydrogens is 208 g/mol. The predicted molar refractivity (Wildman–Crippen MR) is 64.4 cm³/mol. The van der Waals surface area contributed by atoms with Gasteiger partial charge in [-0.05, 0) is 24.5 Å². The highest BCUT2D eigenvalue weighted by Gasteiger charge is 2.21. The Hall–Kier alpha value is -0.760. The smallest absolute Gasteiger partial charge is 0.0648 e.